The Labute approximate surface area is 163 Å². The maximum atomic E-state index is 12.5. The van der Waals surface area contributed by atoms with Gasteiger partial charge in [-0.15, -0.1) is 0 Å². The largest absolute Gasteiger partial charge is 0.355 e. The molecule has 1 aromatic carbocycles. The van der Waals surface area contributed by atoms with Crippen LogP contribution >= 0.6 is 0 Å². The molecule has 2 N–H and O–H groups in total. The Morgan fingerprint density at radius 1 is 1.11 bits per heavy atom. The molecule has 6 heteroatoms. The van der Waals surface area contributed by atoms with Crippen LogP contribution in [-0.2, 0) is 10.2 Å². The number of rotatable bonds is 7. The summed E-state index contributed by atoms with van der Waals surface area (Å²) in [5.74, 6) is 0.0645. The molecule has 1 saturated heterocycles. The van der Waals surface area contributed by atoms with E-state index >= 15 is 0 Å². The summed E-state index contributed by atoms with van der Waals surface area (Å²) in [6, 6.07) is 8.41. The third kappa shape index (κ3) is 6.54. The third-order valence-electron chi connectivity index (χ3n) is 5.08. The molecule has 0 aromatic heterocycles. The first-order valence-corrected chi connectivity index (χ1v) is 9.91. The van der Waals surface area contributed by atoms with E-state index < -0.39 is 0 Å². The first-order valence-electron chi connectivity index (χ1n) is 9.91. The van der Waals surface area contributed by atoms with E-state index in [9.17, 15) is 9.59 Å². The number of hydrogen-bond donors (Lipinski definition) is 2. The quantitative estimate of drug-likeness (QED) is 0.768. The molecule has 2 rings (SSSR count). The second kappa shape index (κ2) is 9.74. The highest BCUT2D eigenvalue weighted by Gasteiger charge is 2.25. The lowest BCUT2D eigenvalue weighted by molar-refractivity contribution is -0.122. The number of carbonyl (C=O) groups excluding carboxylic acids is 2. The summed E-state index contributed by atoms with van der Waals surface area (Å²) in [7, 11) is 0. The van der Waals surface area contributed by atoms with Crippen molar-refractivity contribution in [3.63, 3.8) is 0 Å². The van der Waals surface area contributed by atoms with Gasteiger partial charge in [-0.1, -0.05) is 50.6 Å². The lowest BCUT2D eigenvalue weighted by Gasteiger charge is -2.35. The zero-order valence-electron chi connectivity index (χ0n) is 17.2. The minimum absolute atomic E-state index is 0.0224. The van der Waals surface area contributed by atoms with Gasteiger partial charge in [0.1, 0.15) is 0 Å². The number of nitrogens with zero attached hydrogens (tertiary/aromatic N) is 2. The van der Waals surface area contributed by atoms with Crippen LogP contribution in [0.25, 0.3) is 0 Å². The summed E-state index contributed by atoms with van der Waals surface area (Å²) in [6.45, 7) is 12.9. The van der Waals surface area contributed by atoms with Gasteiger partial charge in [0.05, 0.1) is 6.54 Å². The molecule has 27 heavy (non-hydrogen) atoms. The number of amides is 3. The number of nitrogens with one attached hydrogen (secondary N) is 2. The number of piperazine rings is 1. The molecule has 0 spiro atoms. The van der Waals surface area contributed by atoms with E-state index in [1.165, 1.54) is 11.1 Å². The molecule has 1 heterocycles. The minimum Gasteiger partial charge on any atom is -0.355 e. The van der Waals surface area contributed by atoms with Crippen molar-refractivity contribution in [3.8, 4) is 0 Å². The number of hydrogen-bond acceptors (Lipinski definition) is 3. The fourth-order valence-corrected chi connectivity index (χ4v) is 3.21. The van der Waals surface area contributed by atoms with E-state index in [2.05, 4.69) is 60.6 Å². The van der Waals surface area contributed by atoms with Gasteiger partial charge in [0, 0.05) is 44.7 Å². The summed E-state index contributed by atoms with van der Waals surface area (Å²) >= 11 is 0. The fourth-order valence-electron chi connectivity index (χ4n) is 3.21. The maximum absolute atomic E-state index is 12.5. The second-order valence-corrected chi connectivity index (χ2v) is 8.03. The van der Waals surface area contributed by atoms with Crippen molar-refractivity contribution in [3.05, 3.63) is 35.4 Å². The molecule has 150 valence electrons. The Kier molecular flexibility index (Phi) is 7.66. The van der Waals surface area contributed by atoms with Gasteiger partial charge in [-0.3, -0.25) is 9.69 Å². The summed E-state index contributed by atoms with van der Waals surface area (Å²) in [5, 5.41) is 5.98. The van der Waals surface area contributed by atoms with Gasteiger partial charge in [0.15, 0.2) is 0 Å². The molecule has 0 unspecified atom stereocenters. The molecule has 1 aliphatic rings. The zero-order chi connectivity index (χ0) is 19.9. The van der Waals surface area contributed by atoms with E-state index in [-0.39, 0.29) is 17.4 Å². The molecule has 0 bridgehead atoms. The van der Waals surface area contributed by atoms with Crippen LogP contribution in [0, 0.1) is 6.92 Å². The van der Waals surface area contributed by atoms with Crippen LogP contribution in [0.1, 0.15) is 38.3 Å². The summed E-state index contributed by atoms with van der Waals surface area (Å²) in [5.41, 5.74) is 2.33. The van der Waals surface area contributed by atoms with Crippen LogP contribution in [-0.4, -0.2) is 67.6 Å². The Balaban J connectivity index is 1.76. The maximum Gasteiger partial charge on any atom is 0.317 e. The average Bonchev–Trinajstić information content (AvgIpc) is 2.65. The van der Waals surface area contributed by atoms with Gasteiger partial charge in [0.25, 0.3) is 0 Å². The van der Waals surface area contributed by atoms with E-state index in [1.54, 1.807) is 0 Å². The Morgan fingerprint density at radius 3 is 2.44 bits per heavy atom. The van der Waals surface area contributed by atoms with Gasteiger partial charge in [0.2, 0.25) is 5.91 Å². The van der Waals surface area contributed by atoms with Crippen molar-refractivity contribution in [1.29, 1.82) is 0 Å². The minimum atomic E-state index is -0.124. The molecule has 3 amide bonds. The molecule has 1 aliphatic heterocycles. The first kappa shape index (κ1) is 21.2. The highest BCUT2D eigenvalue weighted by Crippen LogP contribution is 2.23. The van der Waals surface area contributed by atoms with Gasteiger partial charge < -0.3 is 15.5 Å². The molecule has 0 aliphatic carbocycles. The Bertz CT molecular complexity index is 637. The molecular weight excluding hydrogens is 340 g/mol. The Morgan fingerprint density at radius 2 is 1.81 bits per heavy atom. The van der Waals surface area contributed by atoms with E-state index in [0.717, 1.165) is 26.1 Å². The predicted octanol–water partition coefficient (Wildman–Crippen LogP) is 2.13. The SMILES string of the molecule is CCCNC(=O)CN1CCN(C(=O)NCC(C)(C)c2cccc(C)c2)CC1. The molecule has 1 aromatic rings. The van der Waals surface area contributed by atoms with E-state index in [0.29, 0.717) is 26.2 Å². The normalized spacial score (nSPS) is 15.5. The van der Waals surface area contributed by atoms with Gasteiger partial charge in [-0.2, -0.15) is 0 Å². The van der Waals surface area contributed by atoms with Crippen LogP contribution in [0.3, 0.4) is 0 Å². The van der Waals surface area contributed by atoms with Crippen molar-refractivity contribution in [2.45, 2.75) is 39.5 Å². The summed E-state index contributed by atoms with van der Waals surface area (Å²) < 4.78 is 0. The highest BCUT2D eigenvalue weighted by atomic mass is 16.2. The molecule has 1 fully saturated rings. The van der Waals surface area contributed by atoms with Crippen LogP contribution in [0.5, 0.6) is 0 Å². The lowest BCUT2D eigenvalue weighted by Crippen LogP contribution is -2.54. The number of benzene rings is 1. The van der Waals surface area contributed by atoms with Gasteiger partial charge >= 0.3 is 6.03 Å². The monoisotopic (exact) mass is 374 g/mol. The van der Waals surface area contributed by atoms with Crippen LogP contribution in [0.4, 0.5) is 4.79 Å². The predicted molar refractivity (Wildman–Crippen MR) is 109 cm³/mol. The molecule has 0 saturated carbocycles. The Hall–Kier alpha value is -2.08. The molecular formula is C21H34N4O2. The standard InChI is InChI=1S/C21H34N4O2/c1-5-9-22-19(26)15-24-10-12-25(13-11-24)20(27)23-16-21(3,4)18-8-6-7-17(2)14-18/h6-8,14H,5,9-13,15-16H2,1-4H3,(H,22,26)(H,23,27). The smallest absolute Gasteiger partial charge is 0.317 e. The zero-order valence-corrected chi connectivity index (χ0v) is 17.2. The van der Waals surface area contributed by atoms with Crippen LogP contribution in [0.15, 0.2) is 24.3 Å². The number of urea groups is 1. The van der Waals surface area contributed by atoms with E-state index in [4.69, 9.17) is 0 Å². The highest BCUT2D eigenvalue weighted by molar-refractivity contribution is 5.78. The summed E-state index contributed by atoms with van der Waals surface area (Å²) in [6.07, 6.45) is 0.943. The topological polar surface area (TPSA) is 64.7 Å². The molecule has 0 radical (unpaired) electrons. The number of carbonyl (C=O) groups is 2. The molecule has 0 atom stereocenters. The van der Waals surface area contributed by atoms with Crippen molar-refractivity contribution >= 4 is 11.9 Å². The van der Waals surface area contributed by atoms with Crippen molar-refractivity contribution in [2.24, 2.45) is 0 Å². The van der Waals surface area contributed by atoms with Crippen molar-refractivity contribution < 1.29 is 9.59 Å². The van der Waals surface area contributed by atoms with Gasteiger partial charge in [-0.25, -0.2) is 4.79 Å². The average molecular weight is 375 g/mol. The summed E-state index contributed by atoms with van der Waals surface area (Å²) in [4.78, 5) is 28.3. The molecule has 6 nitrogen and oxygen atoms in total. The second-order valence-electron chi connectivity index (χ2n) is 8.03. The van der Waals surface area contributed by atoms with Crippen LogP contribution < -0.4 is 10.6 Å². The third-order valence-corrected chi connectivity index (χ3v) is 5.08. The lowest BCUT2D eigenvalue weighted by atomic mass is 9.84. The van der Waals surface area contributed by atoms with Gasteiger partial charge in [-0.05, 0) is 18.9 Å². The first-order chi connectivity index (χ1) is 12.8. The van der Waals surface area contributed by atoms with E-state index in [1.807, 2.05) is 11.8 Å². The van der Waals surface area contributed by atoms with Crippen molar-refractivity contribution in [1.82, 2.24) is 20.4 Å². The number of aryl methyl sites for hydroxylation is 1. The van der Waals surface area contributed by atoms with Crippen molar-refractivity contribution in [2.75, 3.05) is 45.8 Å². The fraction of sp³-hybridized carbons (Fsp3) is 0.619. The van der Waals surface area contributed by atoms with Crippen LogP contribution in [0.2, 0.25) is 0 Å².